The lowest BCUT2D eigenvalue weighted by Gasteiger charge is -2.31. The van der Waals surface area contributed by atoms with Crippen LogP contribution in [-0.2, 0) is 21.2 Å². The Morgan fingerprint density at radius 3 is 2.81 bits per heavy atom. The summed E-state index contributed by atoms with van der Waals surface area (Å²) in [5.74, 6) is -0.389. The van der Waals surface area contributed by atoms with Crippen molar-refractivity contribution < 1.29 is 17.7 Å². The fourth-order valence-corrected chi connectivity index (χ4v) is 5.48. The van der Waals surface area contributed by atoms with Crippen molar-refractivity contribution in [2.75, 3.05) is 32.5 Å². The van der Waals surface area contributed by atoms with Crippen LogP contribution >= 0.6 is 0 Å². The van der Waals surface area contributed by atoms with Gasteiger partial charge in [-0.3, -0.25) is 4.79 Å². The van der Waals surface area contributed by atoms with Crippen molar-refractivity contribution in [2.24, 2.45) is 5.92 Å². The Hall–Kier alpha value is -2.65. The molecule has 1 unspecified atom stereocenters. The van der Waals surface area contributed by atoms with E-state index in [2.05, 4.69) is 10.5 Å². The molecule has 1 aliphatic heterocycles. The Balaban J connectivity index is 1.80. The summed E-state index contributed by atoms with van der Waals surface area (Å²) in [6.45, 7) is 4.13. The maximum atomic E-state index is 13.4. The number of aryl methyl sites for hydroxylation is 2. The first-order valence-electron chi connectivity index (χ1n) is 10.4. The minimum atomic E-state index is -3.85. The van der Waals surface area contributed by atoms with Gasteiger partial charge in [-0.15, -0.1) is 0 Å². The minimum absolute atomic E-state index is 0.0583. The van der Waals surface area contributed by atoms with Gasteiger partial charge < -0.3 is 14.7 Å². The van der Waals surface area contributed by atoms with Crippen LogP contribution in [0.4, 0.5) is 5.69 Å². The third kappa shape index (κ3) is 5.16. The van der Waals surface area contributed by atoms with Crippen molar-refractivity contribution in [3.8, 4) is 0 Å². The summed E-state index contributed by atoms with van der Waals surface area (Å²) >= 11 is 0. The average Bonchev–Trinajstić information content (AvgIpc) is 3.14. The molecular formula is C22H30N4O4S. The smallest absolute Gasteiger partial charge is 0.248 e. The van der Waals surface area contributed by atoms with Gasteiger partial charge in [0.1, 0.15) is 5.69 Å². The highest BCUT2D eigenvalue weighted by Gasteiger charge is 2.37. The number of aromatic nitrogens is 1. The Bertz CT molecular complexity index is 1060. The third-order valence-corrected chi connectivity index (χ3v) is 7.39. The van der Waals surface area contributed by atoms with Crippen LogP contribution in [-0.4, -0.2) is 55.9 Å². The van der Waals surface area contributed by atoms with E-state index in [1.54, 1.807) is 24.1 Å². The monoisotopic (exact) mass is 446 g/mol. The zero-order valence-electron chi connectivity index (χ0n) is 18.5. The summed E-state index contributed by atoms with van der Waals surface area (Å²) in [5, 5.41) is 6.84. The first-order chi connectivity index (χ1) is 14.7. The van der Waals surface area contributed by atoms with Gasteiger partial charge >= 0.3 is 0 Å². The van der Waals surface area contributed by atoms with Gasteiger partial charge in [0.05, 0.1) is 5.92 Å². The molecule has 31 heavy (non-hydrogen) atoms. The van der Waals surface area contributed by atoms with E-state index in [0.29, 0.717) is 25.1 Å². The number of sulfonamides is 1. The van der Waals surface area contributed by atoms with Crippen LogP contribution in [0.2, 0.25) is 0 Å². The third-order valence-electron chi connectivity index (χ3n) is 5.37. The normalized spacial score (nSPS) is 17.7. The van der Waals surface area contributed by atoms with E-state index >= 15 is 0 Å². The van der Waals surface area contributed by atoms with E-state index in [1.165, 1.54) is 4.31 Å². The van der Waals surface area contributed by atoms with E-state index in [4.69, 9.17) is 4.52 Å². The Morgan fingerprint density at radius 1 is 1.35 bits per heavy atom. The molecule has 0 saturated carbocycles. The van der Waals surface area contributed by atoms with Gasteiger partial charge in [0.25, 0.3) is 0 Å². The maximum absolute atomic E-state index is 13.4. The Labute approximate surface area is 183 Å². The molecule has 1 saturated heterocycles. The number of hydrogen-bond acceptors (Lipinski definition) is 6. The summed E-state index contributed by atoms with van der Waals surface area (Å²) < 4.78 is 33.4. The number of nitrogens with zero attached hydrogens (tertiary/aromatic N) is 3. The molecular weight excluding hydrogens is 416 g/mol. The van der Waals surface area contributed by atoms with Gasteiger partial charge in [-0.05, 0) is 37.8 Å². The lowest BCUT2D eigenvalue weighted by Crippen LogP contribution is -2.44. The number of para-hydroxylation sites is 1. The number of hydrogen-bond donors (Lipinski definition) is 1. The average molecular weight is 447 g/mol. The molecule has 1 atom stereocenters. The largest absolute Gasteiger partial charge is 0.383 e. The standard InChI is InChI=1S/C22H30N4O4S/c1-5-17-9-6-7-11-19(17)23-22(27)18-10-8-13-26(15-18)31(28,29)21-16(2)24-30-20(21)12-14-25(3)4/h6-7,9,11-12,14,18H,5,8,10,13,15H2,1-4H3,(H,23,27)/b14-12+. The molecule has 1 aromatic heterocycles. The van der Waals surface area contributed by atoms with Gasteiger partial charge in [-0.2, -0.15) is 4.31 Å². The van der Waals surface area contributed by atoms with Crippen LogP contribution in [0.25, 0.3) is 6.08 Å². The zero-order chi connectivity index (χ0) is 22.6. The van der Waals surface area contributed by atoms with Gasteiger partial charge in [0.2, 0.25) is 15.9 Å². The van der Waals surface area contributed by atoms with Crippen LogP contribution < -0.4 is 5.32 Å². The SMILES string of the molecule is CCc1ccccc1NC(=O)C1CCCN(S(=O)(=O)c2c(C)noc2/C=C/N(C)C)C1. The second kappa shape index (κ2) is 9.65. The van der Waals surface area contributed by atoms with Crippen molar-refractivity contribution >= 4 is 27.7 Å². The molecule has 0 bridgehead atoms. The highest BCUT2D eigenvalue weighted by molar-refractivity contribution is 7.89. The van der Waals surface area contributed by atoms with Crippen LogP contribution in [0.1, 0.15) is 36.8 Å². The first-order valence-corrected chi connectivity index (χ1v) is 11.9. The maximum Gasteiger partial charge on any atom is 0.248 e. The van der Waals surface area contributed by atoms with Crippen LogP contribution in [0, 0.1) is 12.8 Å². The van der Waals surface area contributed by atoms with E-state index < -0.39 is 15.9 Å². The quantitative estimate of drug-likeness (QED) is 0.702. The second-order valence-corrected chi connectivity index (χ2v) is 9.82. The fourth-order valence-electron chi connectivity index (χ4n) is 3.70. The molecule has 1 fully saturated rings. The van der Waals surface area contributed by atoms with Crippen molar-refractivity contribution in [1.82, 2.24) is 14.4 Å². The van der Waals surface area contributed by atoms with Crippen molar-refractivity contribution in [3.63, 3.8) is 0 Å². The van der Waals surface area contributed by atoms with Gasteiger partial charge in [0, 0.05) is 45.1 Å². The summed E-state index contributed by atoms with van der Waals surface area (Å²) in [6, 6.07) is 7.67. The predicted octanol–water partition coefficient (Wildman–Crippen LogP) is 3.12. The molecule has 1 aliphatic rings. The number of benzene rings is 1. The highest BCUT2D eigenvalue weighted by Crippen LogP contribution is 2.29. The lowest BCUT2D eigenvalue weighted by molar-refractivity contribution is -0.120. The Morgan fingerprint density at radius 2 is 2.10 bits per heavy atom. The zero-order valence-corrected chi connectivity index (χ0v) is 19.3. The van der Waals surface area contributed by atoms with Crippen LogP contribution in [0.15, 0.2) is 39.9 Å². The molecule has 0 spiro atoms. The van der Waals surface area contributed by atoms with Crippen LogP contribution in [0.3, 0.4) is 0 Å². The minimum Gasteiger partial charge on any atom is -0.383 e. The number of carbonyl (C=O) groups excluding carboxylic acids is 1. The first kappa shape index (κ1) is 23.0. The molecule has 0 radical (unpaired) electrons. The lowest BCUT2D eigenvalue weighted by atomic mass is 9.98. The number of nitrogens with one attached hydrogen (secondary N) is 1. The molecule has 8 nitrogen and oxygen atoms in total. The van der Waals surface area contributed by atoms with Crippen LogP contribution in [0.5, 0.6) is 0 Å². The van der Waals surface area contributed by atoms with Crippen molar-refractivity contribution in [1.29, 1.82) is 0 Å². The number of carbonyl (C=O) groups is 1. The molecule has 3 rings (SSSR count). The second-order valence-electron chi connectivity index (χ2n) is 7.94. The predicted molar refractivity (Wildman–Crippen MR) is 120 cm³/mol. The summed E-state index contributed by atoms with van der Waals surface area (Å²) in [7, 11) is -0.189. The number of piperidine rings is 1. The molecule has 1 amide bonds. The topological polar surface area (TPSA) is 95.8 Å². The summed E-state index contributed by atoms with van der Waals surface area (Å²) in [4.78, 5) is 14.8. The molecule has 0 aliphatic carbocycles. The number of amides is 1. The van der Waals surface area contributed by atoms with Gasteiger partial charge in [0.15, 0.2) is 10.7 Å². The summed E-state index contributed by atoms with van der Waals surface area (Å²) in [6.07, 6.45) is 5.35. The number of anilines is 1. The van der Waals surface area contributed by atoms with E-state index in [0.717, 1.165) is 17.7 Å². The number of rotatable bonds is 7. The molecule has 1 N–H and O–H groups in total. The molecule has 168 valence electrons. The molecule has 9 heteroatoms. The molecule has 1 aromatic carbocycles. The van der Waals surface area contributed by atoms with E-state index in [1.807, 2.05) is 45.3 Å². The van der Waals surface area contributed by atoms with E-state index in [9.17, 15) is 13.2 Å². The van der Waals surface area contributed by atoms with Crippen molar-refractivity contribution in [3.05, 3.63) is 47.5 Å². The van der Waals surface area contributed by atoms with Gasteiger partial charge in [-0.25, -0.2) is 8.42 Å². The fraction of sp³-hybridized carbons (Fsp3) is 0.455. The molecule has 2 heterocycles. The summed E-state index contributed by atoms with van der Waals surface area (Å²) in [5.41, 5.74) is 2.14. The highest BCUT2D eigenvalue weighted by atomic mass is 32.2. The Kier molecular flexibility index (Phi) is 7.17. The van der Waals surface area contributed by atoms with Crippen molar-refractivity contribution in [2.45, 2.75) is 38.0 Å². The van der Waals surface area contributed by atoms with E-state index in [-0.39, 0.29) is 23.1 Å². The molecule has 2 aromatic rings. The van der Waals surface area contributed by atoms with Gasteiger partial charge in [-0.1, -0.05) is 30.3 Å².